The second-order valence-corrected chi connectivity index (χ2v) is 2.37. The van der Waals surface area contributed by atoms with Gasteiger partial charge < -0.3 is 5.32 Å². The number of unbranched alkanes of at least 4 members (excludes halogenated alkanes) is 2. The largest absolute Gasteiger partial charge is 0.316 e. The molecule has 2 nitrogen and oxygen atoms in total. The molecule has 10 heavy (non-hydrogen) atoms. The van der Waals surface area contributed by atoms with Crippen molar-refractivity contribution in [1.29, 1.82) is 5.26 Å². The topological polar surface area (TPSA) is 35.8 Å². The molecule has 0 rings (SSSR count). The quantitative estimate of drug-likeness (QED) is 0.570. The lowest BCUT2D eigenvalue weighted by Gasteiger charge is -1.98. The van der Waals surface area contributed by atoms with Crippen LogP contribution in [0.2, 0.25) is 0 Å². The van der Waals surface area contributed by atoms with Gasteiger partial charge in [0.1, 0.15) is 0 Å². The summed E-state index contributed by atoms with van der Waals surface area (Å²) in [7, 11) is 0. The Balaban J connectivity index is 2.72. The molecule has 0 aliphatic carbocycles. The molecule has 2 heteroatoms. The Morgan fingerprint density at radius 2 is 2.10 bits per heavy atom. The van der Waals surface area contributed by atoms with Crippen LogP contribution in [-0.4, -0.2) is 13.1 Å². The molecular weight excluding hydrogens is 124 g/mol. The molecule has 0 radical (unpaired) electrons. The van der Waals surface area contributed by atoms with Gasteiger partial charge in [-0.2, -0.15) is 5.26 Å². The van der Waals surface area contributed by atoms with Gasteiger partial charge in [0.25, 0.3) is 0 Å². The van der Waals surface area contributed by atoms with Gasteiger partial charge in [0.05, 0.1) is 6.07 Å². The maximum Gasteiger partial charge on any atom is 0.0635 e. The third kappa shape index (κ3) is 7.45. The van der Waals surface area contributed by atoms with E-state index in [1.807, 2.05) is 0 Å². The summed E-state index contributed by atoms with van der Waals surface area (Å²) in [5.74, 6) is 0. The van der Waals surface area contributed by atoms with Gasteiger partial charge in [-0.15, -0.1) is 0 Å². The van der Waals surface area contributed by atoms with Gasteiger partial charge in [0.2, 0.25) is 0 Å². The van der Waals surface area contributed by atoms with Gasteiger partial charge in [-0.3, -0.25) is 0 Å². The van der Waals surface area contributed by atoms with E-state index in [0.29, 0.717) is 6.42 Å². The first-order valence-corrected chi connectivity index (χ1v) is 3.99. The van der Waals surface area contributed by atoms with Crippen LogP contribution in [0.15, 0.2) is 0 Å². The number of rotatable bonds is 6. The fourth-order valence-electron chi connectivity index (χ4n) is 0.769. The predicted octanol–water partition coefficient (Wildman–Crippen LogP) is 1.68. The van der Waals surface area contributed by atoms with Crippen LogP contribution in [0.5, 0.6) is 0 Å². The summed E-state index contributed by atoms with van der Waals surface area (Å²) in [6.07, 6.45) is 4.42. The zero-order valence-electron chi connectivity index (χ0n) is 6.69. The SMILES string of the molecule is CCCCCNCCC#N. The van der Waals surface area contributed by atoms with Crippen LogP contribution in [-0.2, 0) is 0 Å². The van der Waals surface area contributed by atoms with Crippen LogP contribution in [0.25, 0.3) is 0 Å². The van der Waals surface area contributed by atoms with Crippen molar-refractivity contribution in [2.45, 2.75) is 32.6 Å². The lowest BCUT2D eigenvalue weighted by Crippen LogP contribution is -2.15. The van der Waals surface area contributed by atoms with Crippen LogP contribution in [0.3, 0.4) is 0 Å². The first kappa shape index (κ1) is 9.45. The summed E-state index contributed by atoms with van der Waals surface area (Å²) in [6, 6.07) is 2.10. The molecule has 0 aliphatic rings. The smallest absolute Gasteiger partial charge is 0.0635 e. The van der Waals surface area contributed by atoms with Crippen LogP contribution >= 0.6 is 0 Å². The Hall–Kier alpha value is -0.550. The zero-order valence-corrected chi connectivity index (χ0v) is 6.69. The van der Waals surface area contributed by atoms with Crippen LogP contribution < -0.4 is 5.32 Å². The standard InChI is InChI=1S/C8H16N2/c1-2-3-4-7-10-8-5-6-9/h10H,2-5,7-8H2,1H3. The zero-order chi connectivity index (χ0) is 7.66. The fourth-order valence-corrected chi connectivity index (χ4v) is 0.769. The molecule has 0 aromatic carbocycles. The minimum atomic E-state index is 0.631. The second kappa shape index (κ2) is 8.45. The van der Waals surface area contributed by atoms with E-state index in [2.05, 4.69) is 18.3 Å². The van der Waals surface area contributed by atoms with Crippen LogP contribution in [0.4, 0.5) is 0 Å². The van der Waals surface area contributed by atoms with Crippen molar-refractivity contribution in [3.8, 4) is 6.07 Å². The van der Waals surface area contributed by atoms with E-state index < -0.39 is 0 Å². The Bertz CT molecular complexity index is 93.9. The van der Waals surface area contributed by atoms with Crippen molar-refractivity contribution in [1.82, 2.24) is 5.32 Å². The minimum absolute atomic E-state index is 0.631. The summed E-state index contributed by atoms with van der Waals surface area (Å²) in [5, 5.41) is 11.4. The molecular formula is C8H16N2. The summed E-state index contributed by atoms with van der Waals surface area (Å²) < 4.78 is 0. The molecule has 0 aliphatic heterocycles. The lowest BCUT2D eigenvalue weighted by atomic mass is 10.2. The first-order chi connectivity index (χ1) is 4.91. The van der Waals surface area contributed by atoms with E-state index in [9.17, 15) is 0 Å². The fraction of sp³-hybridized carbons (Fsp3) is 0.875. The highest BCUT2D eigenvalue weighted by Crippen LogP contribution is 1.90. The average molecular weight is 140 g/mol. The molecule has 1 N–H and O–H groups in total. The Morgan fingerprint density at radius 1 is 1.30 bits per heavy atom. The van der Waals surface area contributed by atoms with Crippen LogP contribution in [0, 0.1) is 11.3 Å². The number of hydrogen-bond acceptors (Lipinski definition) is 2. The summed E-state index contributed by atoms with van der Waals surface area (Å²) in [4.78, 5) is 0. The maximum atomic E-state index is 8.18. The normalized spacial score (nSPS) is 9.20. The van der Waals surface area contributed by atoms with Crippen LogP contribution in [0.1, 0.15) is 32.6 Å². The molecule has 0 aromatic heterocycles. The number of nitrogens with one attached hydrogen (secondary N) is 1. The Kier molecular flexibility index (Phi) is 7.99. The third-order valence-electron chi connectivity index (χ3n) is 1.37. The van der Waals surface area contributed by atoms with Crippen molar-refractivity contribution in [3.63, 3.8) is 0 Å². The summed E-state index contributed by atoms with van der Waals surface area (Å²) >= 11 is 0. The molecule has 0 spiro atoms. The molecule has 0 heterocycles. The average Bonchev–Trinajstić information content (AvgIpc) is 1.97. The predicted molar refractivity (Wildman–Crippen MR) is 42.6 cm³/mol. The Labute approximate surface area is 63.2 Å². The van der Waals surface area contributed by atoms with Crippen molar-refractivity contribution >= 4 is 0 Å². The van der Waals surface area contributed by atoms with Crippen molar-refractivity contribution < 1.29 is 0 Å². The maximum absolute atomic E-state index is 8.18. The highest BCUT2D eigenvalue weighted by atomic mass is 14.8. The molecule has 58 valence electrons. The van der Waals surface area contributed by atoms with E-state index in [-0.39, 0.29) is 0 Å². The highest BCUT2D eigenvalue weighted by molar-refractivity contribution is 4.69. The lowest BCUT2D eigenvalue weighted by molar-refractivity contribution is 0.622. The van der Waals surface area contributed by atoms with E-state index in [1.54, 1.807) is 0 Å². The molecule has 0 unspecified atom stereocenters. The van der Waals surface area contributed by atoms with E-state index in [0.717, 1.165) is 13.1 Å². The van der Waals surface area contributed by atoms with Gasteiger partial charge in [-0.05, 0) is 13.0 Å². The molecule has 0 saturated carbocycles. The molecule has 0 atom stereocenters. The van der Waals surface area contributed by atoms with Crippen molar-refractivity contribution in [2.24, 2.45) is 0 Å². The van der Waals surface area contributed by atoms with Crippen molar-refractivity contribution in [2.75, 3.05) is 13.1 Å². The Morgan fingerprint density at radius 3 is 2.70 bits per heavy atom. The summed E-state index contributed by atoms with van der Waals surface area (Å²) in [5.41, 5.74) is 0. The van der Waals surface area contributed by atoms with E-state index in [4.69, 9.17) is 5.26 Å². The number of hydrogen-bond donors (Lipinski definition) is 1. The van der Waals surface area contributed by atoms with Gasteiger partial charge in [-0.25, -0.2) is 0 Å². The van der Waals surface area contributed by atoms with Gasteiger partial charge >= 0.3 is 0 Å². The highest BCUT2D eigenvalue weighted by Gasteiger charge is 1.85. The van der Waals surface area contributed by atoms with Gasteiger partial charge in [0.15, 0.2) is 0 Å². The molecule has 0 fully saturated rings. The molecule has 0 amide bonds. The monoisotopic (exact) mass is 140 g/mol. The van der Waals surface area contributed by atoms with E-state index in [1.165, 1.54) is 19.3 Å². The number of nitrogens with zero attached hydrogens (tertiary/aromatic N) is 1. The molecule has 0 saturated heterocycles. The second-order valence-electron chi connectivity index (χ2n) is 2.37. The summed E-state index contributed by atoms with van der Waals surface area (Å²) in [6.45, 7) is 4.10. The minimum Gasteiger partial charge on any atom is -0.316 e. The van der Waals surface area contributed by atoms with Gasteiger partial charge in [-0.1, -0.05) is 19.8 Å². The first-order valence-electron chi connectivity index (χ1n) is 3.99. The van der Waals surface area contributed by atoms with Crippen molar-refractivity contribution in [3.05, 3.63) is 0 Å². The van der Waals surface area contributed by atoms with E-state index >= 15 is 0 Å². The molecule has 0 aromatic rings. The van der Waals surface area contributed by atoms with Gasteiger partial charge in [0, 0.05) is 13.0 Å². The molecule has 0 bridgehead atoms. The number of nitriles is 1. The third-order valence-corrected chi connectivity index (χ3v) is 1.37.